The topological polar surface area (TPSA) is 66.6 Å². The molecule has 1 aromatic heterocycles. The average molecular weight is 168 g/mol. The van der Waals surface area contributed by atoms with Crippen molar-refractivity contribution in [3.63, 3.8) is 0 Å². The zero-order valence-corrected chi connectivity index (χ0v) is 6.36. The van der Waals surface area contributed by atoms with E-state index in [0.717, 1.165) is 25.8 Å². The first-order chi connectivity index (χ1) is 5.77. The van der Waals surface area contributed by atoms with Gasteiger partial charge in [-0.05, 0) is 6.42 Å². The number of anilines is 1. The van der Waals surface area contributed by atoms with E-state index in [0.29, 0.717) is 6.01 Å². The van der Waals surface area contributed by atoms with Gasteiger partial charge in [-0.25, -0.2) is 4.79 Å². The fourth-order valence-electron chi connectivity index (χ4n) is 1.02. The van der Waals surface area contributed by atoms with Crippen LogP contribution in [-0.4, -0.2) is 29.1 Å². The van der Waals surface area contributed by atoms with Gasteiger partial charge < -0.3 is 14.4 Å². The Bertz CT molecular complexity index is 303. The van der Waals surface area contributed by atoms with E-state index in [4.69, 9.17) is 9.52 Å². The lowest BCUT2D eigenvalue weighted by molar-refractivity contribution is 0.0690. The highest BCUT2D eigenvalue weighted by Crippen LogP contribution is 2.18. The Morgan fingerprint density at radius 2 is 2.42 bits per heavy atom. The van der Waals surface area contributed by atoms with Crippen molar-refractivity contribution in [2.75, 3.05) is 18.0 Å². The van der Waals surface area contributed by atoms with Crippen LogP contribution < -0.4 is 4.90 Å². The van der Waals surface area contributed by atoms with Crippen LogP contribution in [0.1, 0.15) is 16.9 Å². The number of nitrogens with zero attached hydrogens (tertiary/aromatic N) is 2. The number of carboxylic acids is 1. The molecule has 2 heterocycles. The first-order valence-electron chi connectivity index (χ1n) is 3.71. The maximum absolute atomic E-state index is 10.4. The molecule has 0 spiro atoms. The van der Waals surface area contributed by atoms with Crippen LogP contribution in [0.4, 0.5) is 6.01 Å². The first kappa shape index (κ1) is 7.15. The van der Waals surface area contributed by atoms with Gasteiger partial charge in [0.2, 0.25) is 0 Å². The van der Waals surface area contributed by atoms with E-state index in [1.165, 1.54) is 0 Å². The van der Waals surface area contributed by atoms with Crippen molar-refractivity contribution < 1.29 is 14.3 Å². The molecule has 0 saturated carbocycles. The van der Waals surface area contributed by atoms with Crippen molar-refractivity contribution in [1.82, 2.24) is 4.98 Å². The summed E-state index contributed by atoms with van der Waals surface area (Å²) < 4.78 is 4.96. The summed E-state index contributed by atoms with van der Waals surface area (Å²) in [6.45, 7) is 1.80. The summed E-state index contributed by atoms with van der Waals surface area (Å²) in [6, 6.07) is 0.415. The molecule has 1 aliphatic heterocycles. The summed E-state index contributed by atoms with van der Waals surface area (Å²) in [6.07, 6.45) is 2.28. The molecule has 0 unspecified atom stereocenters. The van der Waals surface area contributed by atoms with Gasteiger partial charge in [-0.3, -0.25) is 0 Å². The molecule has 5 nitrogen and oxygen atoms in total. The third kappa shape index (κ3) is 1.03. The van der Waals surface area contributed by atoms with Crippen molar-refractivity contribution in [3.8, 4) is 0 Å². The highest BCUT2D eigenvalue weighted by atomic mass is 16.4. The van der Waals surface area contributed by atoms with Crippen LogP contribution in [0.25, 0.3) is 0 Å². The van der Waals surface area contributed by atoms with Crippen LogP contribution in [-0.2, 0) is 0 Å². The summed E-state index contributed by atoms with van der Waals surface area (Å²) in [5.74, 6) is -1.05. The predicted molar refractivity (Wildman–Crippen MR) is 40.3 cm³/mol. The minimum Gasteiger partial charge on any atom is -0.476 e. The number of hydrogen-bond acceptors (Lipinski definition) is 4. The summed E-state index contributed by atoms with van der Waals surface area (Å²) in [7, 11) is 0. The van der Waals surface area contributed by atoms with Gasteiger partial charge in [-0.15, -0.1) is 0 Å². The number of rotatable bonds is 2. The molecule has 1 fully saturated rings. The normalized spacial score (nSPS) is 15.8. The Labute approximate surface area is 68.6 Å². The zero-order chi connectivity index (χ0) is 8.55. The fourth-order valence-corrected chi connectivity index (χ4v) is 1.02. The Morgan fingerprint density at radius 3 is 2.83 bits per heavy atom. The van der Waals surface area contributed by atoms with Gasteiger partial charge in [0.1, 0.15) is 6.26 Å². The molecule has 1 aromatic rings. The number of carboxylic acid groups (broad SMARTS) is 1. The maximum atomic E-state index is 10.4. The molecule has 0 radical (unpaired) electrons. The van der Waals surface area contributed by atoms with Gasteiger partial charge in [0.05, 0.1) is 0 Å². The molecule has 1 aliphatic rings. The second-order valence-electron chi connectivity index (χ2n) is 2.66. The van der Waals surface area contributed by atoms with E-state index in [9.17, 15) is 4.79 Å². The highest BCUT2D eigenvalue weighted by molar-refractivity contribution is 5.85. The van der Waals surface area contributed by atoms with Crippen molar-refractivity contribution in [2.24, 2.45) is 0 Å². The number of hydrogen-bond donors (Lipinski definition) is 1. The zero-order valence-electron chi connectivity index (χ0n) is 6.36. The minimum atomic E-state index is -1.05. The monoisotopic (exact) mass is 168 g/mol. The average Bonchev–Trinajstić information content (AvgIpc) is 2.32. The molecule has 0 atom stereocenters. The molecular weight excluding hydrogens is 160 g/mol. The number of aromatic nitrogens is 1. The van der Waals surface area contributed by atoms with E-state index < -0.39 is 5.97 Å². The molecule has 1 N–H and O–H groups in total. The van der Waals surface area contributed by atoms with Crippen molar-refractivity contribution in [3.05, 3.63) is 12.0 Å². The van der Waals surface area contributed by atoms with Gasteiger partial charge in [-0.2, -0.15) is 4.98 Å². The first-order valence-corrected chi connectivity index (χ1v) is 3.71. The molecular formula is C7H8N2O3. The van der Waals surface area contributed by atoms with E-state index in [-0.39, 0.29) is 5.69 Å². The van der Waals surface area contributed by atoms with Gasteiger partial charge in [0.25, 0.3) is 6.01 Å². The molecule has 64 valence electrons. The van der Waals surface area contributed by atoms with Crippen molar-refractivity contribution >= 4 is 12.0 Å². The summed E-state index contributed by atoms with van der Waals surface area (Å²) in [5, 5.41) is 8.53. The van der Waals surface area contributed by atoms with Crippen LogP contribution in [0.2, 0.25) is 0 Å². The van der Waals surface area contributed by atoms with Crippen LogP contribution >= 0.6 is 0 Å². The Balaban J connectivity index is 2.17. The lowest BCUT2D eigenvalue weighted by atomic mass is 10.2. The second-order valence-corrected chi connectivity index (χ2v) is 2.66. The van der Waals surface area contributed by atoms with Gasteiger partial charge in [0, 0.05) is 13.1 Å². The van der Waals surface area contributed by atoms with Crippen LogP contribution in [0.5, 0.6) is 0 Å². The number of carbonyl (C=O) groups is 1. The van der Waals surface area contributed by atoms with Crippen LogP contribution in [0, 0.1) is 0 Å². The van der Waals surface area contributed by atoms with E-state index >= 15 is 0 Å². The van der Waals surface area contributed by atoms with Gasteiger partial charge in [0.15, 0.2) is 5.69 Å². The molecule has 12 heavy (non-hydrogen) atoms. The molecule has 0 amide bonds. The molecule has 0 aromatic carbocycles. The minimum absolute atomic E-state index is 0.0306. The highest BCUT2D eigenvalue weighted by Gasteiger charge is 2.20. The fraction of sp³-hybridized carbons (Fsp3) is 0.429. The standard InChI is InChI=1S/C7H8N2O3/c10-6(11)5-4-12-7(8-5)9-2-1-3-9/h4H,1-3H2,(H,10,11). The molecule has 0 aliphatic carbocycles. The maximum Gasteiger partial charge on any atom is 0.357 e. The summed E-state index contributed by atoms with van der Waals surface area (Å²) in [4.78, 5) is 16.1. The number of oxazole rings is 1. The molecule has 1 saturated heterocycles. The molecule has 0 bridgehead atoms. The lowest BCUT2D eigenvalue weighted by Crippen LogP contribution is -2.37. The Kier molecular flexibility index (Phi) is 1.49. The lowest BCUT2D eigenvalue weighted by Gasteiger charge is -2.28. The van der Waals surface area contributed by atoms with Gasteiger partial charge >= 0.3 is 5.97 Å². The third-order valence-corrected chi connectivity index (χ3v) is 1.84. The molecule has 5 heteroatoms. The third-order valence-electron chi connectivity index (χ3n) is 1.84. The quantitative estimate of drug-likeness (QED) is 0.699. The van der Waals surface area contributed by atoms with Crippen molar-refractivity contribution in [1.29, 1.82) is 0 Å². The van der Waals surface area contributed by atoms with E-state index in [2.05, 4.69) is 4.98 Å². The van der Waals surface area contributed by atoms with Crippen LogP contribution in [0.15, 0.2) is 10.7 Å². The summed E-state index contributed by atoms with van der Waals surface area (Å²) in [5.41, 5.74) is -0.0306. The van der Waals surface area contributed by atoms with Gasteiger partial charge in [-0.1, -0.05) is 0 Å². The predicted octanol–water partition coefficient (Wildman–Crippen LogP) is 0.583. The Morgan fingerprint density at radius 1 is 1.67 bits per heavy atom. The SMILES string of the molecule is O=C(O)c1coc(N2CCC2)n1. The second kappa shape index (κ2) is 2.51. The van der Waals surface area contributed by atoms with Crippen LogP contribution in [0.3, 0.4) is 0 Å². The van der Waals surface area contributed by atoms with E-state index in [1.807, 2.05) is 4.90 Å². The molecule has 2 rings (SSSR count). The number of aromatic carboxylic acids is 1. The largest absolute Gasteiger partial charge is 0.476 e. The van der Waals surface area contributed by atoms with Crippen molar-refractivity contribution in [2.45, 2.75) is 6.42 Å². The Hall–Kier alpha value is -1.52. The summed E-state index contributed by atoms with van der Waals surface area (Å²) >= 11 is 0. The van der Waals surface area contributed by atoms with E-state index in [1.54, 1.807) is 0 Å². The smallest absolute Gasteiger partial charge is 0.357 e.